The summed E-state index contributed by atoms with van der Waals surface area (Å²) >= 11 is 0. The number of hydrogen-bond acceptors (Lipinski definition) is 5. The smallest absolute Gasteiger partial charge is 0.100 e. The molecule has 1 aromatic rings. The molecule has 0 amide bonds. The van der Waals surface area contributed by atoms with Gasteiger partial charge in [0.2, 0.25) is 0 Å². The molecule has 17 heavy (non-hydrogen) atoms. The normalized spacial score (nSPS) is 10.4. The summed E-state index contributed by atoms with van der Waals surface area (Å²) in [4.78, 5) is 0. The summed E-state index contributed by atoms with van der Waals surface area (Å²) < 4.78 is 11.9. The van der Waals surface area contributed by atoms with Crippen LogP contribution in [-0.2, 0) is 28.9 Å². The number of aromatic nitrogens is 3. The lowest BCUT2D eigenvalue weighted by Gasteiger charge is -2.06. The van der Waals surface area contributed by atoms with Crippen molar-refractivity contribution in [3.63, 3.8) is 0 Å². The second-order valence-corrected chi connectivity index (χ2v) is 3.63. The zero-order valence-corrected chi connectivity index (χ0v) is 10.3. The summed E-state index contributed by atoms with van der Waals surface area (Å²) in [5.74, 6) is 0. The third-order valence-electron chi connectivity index (χ3n) is 2.43. The highest BCUT2D eigenvalue weighted by atomic mass is 16.5. The maximum absolute atomic E-state index is 8.71. The van der Waals surface area contributed by atoms with Gasteiger partial charge in [-0.05, 0) is 6.42 Å². The number of ether oxygens (including phenoxy) is 2. The van der Waals surface area contributed by atoms with Gasteiger partial charge in [0.25, 0.3) is 0 Å². The van der Waals surface area contributed by atoms with Crippen molar-refractivity contribution >= 4 is 0 Å². The number of nitriles is 1. The summed E-state index contributed by atoms with van der Waals surface area (Å²) in [6.45, 7) is 2.05. The molecule has 0 aromatic carbocycles. The van der Waals surface area contributed by atoms with Crippen LogP contribution in [0.3, 0.4) is 0 Å². The van der Waals surface area contributed by atoms with Crippen molar-refractivity contribution in [3.8, 4) is 6.07 Å². The average Bonchev–Trinajstić information content (AvgIpc) is 2.70. The standard InChI is InChI=1S/C11H18N4O2/c1-16-8-3-7-15-11(5-9-17-2)10(4-6-12)13-14-15/h3-5,7-9H2,1-2H3. The summed E-state index contributed by atoms with van der Waals surface area (Å²) in [7, 11) is 3.33. The molecule has 0 bridgehead atoms. The van der Waals surface area contributed by atoms with Gasteiger partial charge in [-0.2, -0.15) is 5.26 Å². The zero-order chi connectivity index (χ0) is 12.5. The lowest BCUT2D eigenvalue weighted by atomic mass is 10.2. The van der Waals surface area contributed by atoms with Crippen LogP contribution < -0.4 is 0 Å². The van der Waals surface area contributed by atoms with E-state index in [1.807, 2.05) is 4.68 Å². The Labute approximate surface area is 101 Å². The summed E-state index contributed by atoms with van der Waals surface area (Å²) in [6.07, 6.45) is 1.91. The third kappa shape index (κ3) is 4.13. The molecular weight excluding hydrogens is 220 g/mol. The first-order valence-electron chi connectivity index (χ1n) is 5.59. The fourth-order valence-corrected chi connectivity index (χ4v) is 1.59. The van der Waals surface area contributed by atoms with E-state index in [0.717, 1.165) is 30.8 Å². The van der Waals surface area contributed by atoms with Crippen molar-refractivity contribution in [3.05, 3.63) is 11.4 Å². The Balaban J connectivity index is 2.70. The first-order valence-corrected chi connectivity index (χ1v) is 5.59. The van der Waals surface area contributed by atoms with Crippen LogP contribution in [0.15, 0.2) is 0 Å². The van der Waals surface area contributed by atoms with Gasteiger partial charge >= 0.3 is 0 Å². The van der Waals surface area contributed by atoms with E-state index in [1.165, 1.54) is 0 Å². The fraction of sp³-hybridized carbons (Fsp3) is 0.727. The van der Waals surface area contributed by atoms with Crippen LogP contribution in [0.4, 0.5) is 0 Å². The van der Waals surface area contributed by atoms with E-state index in [2.05, 4.69) is 16.4 Å². The Morgan fingerprint density at radius 2 is 2.06 bits per heavy atom. The van der Waals surface area contributed by atoms with Gasteiger partial charge in [0.05, 0.1) is 24.8 Å². The highest BCUT2D eigenvalue weighted by Gasteiger charge is 2.11. The average molecular weight is 238 g/mol. The lowest BCUT2D eigenvalue weighted by molar-refractivity contribution is 0.186. The van der Waals surface area contributed by atoms with Gasteiger partial charge in [-0.25, -0.2) is 4.68 Å². The lowest BCUT2D eigenvalue weighted by Crippen LogP contribution is -2.10. The number of hydrogen-bond donors (Lipinski definition) is 0. The third-order valence-corrected chi connectivity index (χ3v) is 2.43. The van der Waals surface area contributed by atoms with Gasteiger partial charge < -0.3 is 9.47 Å². The summed E-state index contributed by atoms with van der Waals surface area (Å²) in [6, 6.07) is 2.10. The molecule has 6 heteroatoms. The monoisotopic (exact) mass is 238 g/mol. The van der Waals surface area contributed by atoms with Crippen molar-refractivity contribution in [1.29, 1.82) is 5.26 Å². The second-order valence-electron chi connectivity index (χ2n) is 3.63. The Morgan fingerprint density at radius 3 is 2.71 bits per heavy atom. The van der Waals surface area contributed by atoms with Gasteiger partial charge in [0.15, 0.2) is 0 Å². The van der Waals surface area contributed by atoms with E-state index < -0.39 is 0 Å². The maximum Gasteiger partial charge on any atom is 0.100 e. The number of aryl methyl sites for hydroxylation is 1. The molecule has 0 saturated carbocycles. The molecule has 0 fully saturated rings. The van der Waals surface area contributed by atoms with E-state index >= 15 is 0 Å². The zero-order valence-electron chi connectivity index (χ0n) is 10.3. The van der Waals surface area contributed by atoms with E-state index in [1.54, 1.807) is 14.2 Å². The molecule has 0 aliphatic rings. The van der Waals surface area contributed by atoms with E-state index in [-0.39, 0.29) is 0 Å². The van der Waals surface area contributed by atoms with Crippen LogP contribution in [0.1, 0.15) is 17.8 Å². The molecule has 1 rings (SSSR count). The minimum absolute atomic E-state index is 0.295. The molecule has 0 radical (unpaired) electrons. The predicted octanol–water partition coefficient (Wildman–Crippen LogP) is 0.570. The van der Waals surface area contributed by atoms with Gasteiger partial charge in [-0.15, -0.1) is 5.10 Å². The van der Waals surface area contributed by atoms with Gasteiger partial charge in [-0.3, -0.25) is 0 Å². The molecule has 0 unspecified atom stereocenters. The molecule has 1 heterocycles. The SMILES string of the molecule is COCCCn1nnc(CC#N)c1CCOC. The molecule has 0 atom stereocenters. The maximum atomic E-state index is 8.71. The first kappa shape index (κ1) is 13.6. The minimum atomic E-state index is 0.295. The molecule has 0 aliphatic heterocycles. The second kappa shape index (κ2) is 7.76. The van der Waals surface area contributed by atoms with Crippen molar-refractivity contribution in [2.24, 2.45) is 0 Å². The van der Waals surface area contributed by atoms with Crippen molar-refractivity contribution in [2.45, 2.75) is 25.8 Å². The van der Waals surface area contributed by atoms with Crippen LogP contribution in [-0.4, -0.2) is 42.4 Å². The largest absolute Gasteiger partial charge is 0.385 e. The Hall–Kier alpha value is -1.45. The first-order chi connectivity index (χ1) is 8.33. The molecular formula is C11H18N4O2. The molecule has 6 nitrogen and oxygen atoms in total. The molecule has 0 spiro atoms. The number of rotatable bonds is 8. The highest BCUT2D eigenvalue weighted by molar-refractivity contribution is 5.14. The van der Waals surface area contributed by atoms with Gasteiger partial charge in [0, 0.05) is 33.8 Å². The van der Waals surface area contributed by atoms with Crippen LogP contribution in [0.5, 0.6) is 0 Å². The van der Waals surface area contributed by atoms with E-state index in [9.17, 15) is 0 Å². The summed E-state index contributed by atoms with van der Waals surface area (Å²) in [5.41, 5.74) is 1.74. The van der Waals surface area contributed by atoms with E-state index in [4.69, 9.17) is 14.7 Å². The van der Waals surface area contributed by atoms with Crippen LogP contribution in [0.2, 0.25) is 0 Å². The summed E-state index contributed by atoms with van der Waals surface area (Å²) in [5, 5.41) is 16.8. The van der Waals surface area contributed by atoms with Crippen LogP contribution >= 0.6 is 0 Å². The topological polar surface area (TPSA) is 73.0 Å². The Kier molecular flexibility index (Phi) is 6.22. The minimum Gasteiger partial charge on any atom is -0.385 e. The Morgan fingerprint density at radius 1 is 1.29 bits per heavy atom. The molecule has 0 saturated heterocycles. The number of nitrogens with zero attached hydrogens (tertiary/aromatic N) is 4. The van der Waals surface area contributed by atoms with Gasteiger partial charge in [-0.1, -0.05) is 5.21 Å². The van der Waals surface area contributed by atoms with Crippen molar-refractivity contribution in [1.82, 2.24) is 15.0 Å². The van der Waals surface area contributed by atoms with Gasteiger partial charge in [0.1, 0.15) is 5.69 Å². The highest BCUT2D eigenvalue weighted by Crippen LogP contribution is 2.08. The van der Waals surface area contributed by atoms with Crippen LogP contribution in [0.25, 0.3) is 0 Å². The quantitative estimate of drug-likeness (QED) is 0.619. The Bertz CT molecular complexity index is 370. The predicted molar refractivity (Wildman–Crippen MR) is 61.4 cm³/mol. The molecule has 0 N–H and O–H groups in total. The van der Waals surface area contributed by atoms with Crippen molar-refractivity contribution < 1.29 is 9.47 Å². The molecule has 94 valence electrons. The van der Waals surface area contributed by atoms with E-state index in [0.29, 0.717) is 19.6 Å². The number of methoxy groups -OCH3 is 2. The molecule has 1 aromatic heterocycles. The fourth-order valence-electron chi connectivity index (χ4n) is 1.59. The van der Waals surface area contributed by atoms with Crippen LogP contribution in [0, 0.1) is 11.3 Å². The van der Waals surface area contributed by atoms with Crippen molar-refractivity contribution in [2.75, 3.05) is 27.4 Å². The molecule has 0 aliphatic carbocycles.